The van der Waals surface area contributed by atoms with Gasteiger partial charge in [0.1, 0.15) is 0 Å². The van der Waals surface area contributed by atoms with Crippen molar-refractivity contribution in [2.24, 2.45) is 0 Å². The number of nitrogens with two attached hydrogens (primary N) is 1. The van der Waals surface area contributed by atoms with Crippen molar-refractivity contribution in [3.63, 3.8) is 0 Å². The van der Waals surface area contributed by atoms with Crippen LogP contribution in [0, 0.1) is 0 Å². The van der Waals surface area contributed by atoms with Crippen LogP contribution in [0.25, 0.3) is 11.2 Å². The van der Waals surface area contributed by atoms with Crippen LogP contribution < -0.4 is 16.6 Å². The van der Waals surface area contributed by atoms with E-state index in [2.05, 4.69) is 41.3 Å². The number of nitrogens with zero attached hydrogens (tertiary/aromatic N) is 4. The van der Waals surface area contributed by atoms with Crippen molar-refractivity contribution >= 4 is 50.7 Å². The third kappa shape index (κ3) is 4.56. The van der Waals surface area contributed by atoms with E-state index in [4.69, 9.17) is 5.73 Å². The second kappa shape index (κ2) is 8.89. The van der Waals surface area contributed by atoms with Gasteiger partial charge in [-0.3, -0.25) is 9.78 Å². The van der Waals surface area contributed by atoms with Crippen molar-refractivity contribution < 1.29 is 14.7 Å². The number of likely N-dealkylation sites (N-methyl/N-ethyl adjacent to an activating group) is 1. The minimum absolute atomic E-state index is 0.0272. The molecule has 0 unspecified atom stereocenters. The molecule has 0 saturated heterocycles. The van der Waals surface area contributed by atoms with Crippen LogP contribution in [0.15, 0.2) is 35.3 Å². The summed E-state index contributed by atoms with van der Waals surface area (Å²) in [6.45, 7) is 0.287. The number of aromatic amines is 1. The Hall–Kier alpha value is -3.50. The number of benzene rings is 1. The van der Waals surface area contributed by atoms with Crippen molar-refractivity contribution in [3.05, 3.63) is 52.1 Å². The molecule has 0 spiro atoms. The molecule has 5 N–H and O–H groups in total. The number of carboxylic acid groups (broad SMARTS) is 1. The third-order valence-electron chi connectivity index (χ3n) is 4.34. The Morgan fingerprint density at radius 1 is 1.30 bits per heavy atom. The van der Waals surface area contributed by atoms with Crippen LogP contribution >= 0.6 is 0 Å². The summed E-state index contributed by atoms with van der Waals surface area (Å²) in [5, 5.41) is 12.6. The number of amides is 1. The SMILES string of the molecule is CN(C(=O)c1ccc(NCc2cnc3nc(N)[nH]c(=O)c3n2)cc1)[C@@H](C[SeH])C(=O)O. The molecular formula is C18H19N7O4Se. The standard InChI is InChI=1S/C18H19N7O4Se/c1-25(12(8-30)17(28)29)16(27)9-2-4-10(5-3-9)20-6-11-7-21-14-13(22-11)15(26)24-18(19)23-14/h2-5,7,12,20,30H,6,8H2,1H3,(H,28,29)(H3,19,21,23,24,26)/t12-/m0/s1. The number of nitrogen functional groups attached to an aromatic ring is 1. The van der Waals surface area contributed by atoms with Gasteiger partial charge in [0.2, 0.25) is 5.95 Å². The Balaban J connectivity index is 1.69. The van der Waals surface area contributed by atoms with Crippen LogP contribution in [0.5, 0.6) is 0 Å². The fourth-order valence-corrected chi connectivity index (χ4v) is 3.53. The van der Waals surface area contributed by atoms with Gasteiger partial charge < -0.3 is 5.73 Å². The van der Waals surface area contributed by atoms with Gasteiger partial charge in [0, 0.05) is 0 Å². The molecule has 30 heavy (non-hydrogen) atoms. The monoisotopic (exact) mass is 477 g/mol. The first-order chi connectivity index (χ1) is 14.3. The van der Waals surface area contributed by atoms with Gasteiger partial charge in [-0.15, -0.1) is 0 Å². The average Bonchev–Trinajstić information content (AvgIpc) is 2.72. The normalized spacial score (nSPS) is 11.8. The van der Waals surface area contributed by atoms with Crippen molar-refractivity contribution in [3.8, 4) is 0 Å². The van der Waals surface area contributed by atoms with E-state index in [0.717, 1.165) is 0 Å². The molecule has 0 fully saturated rings. The van der Waals surface area contributed by atoms with Crippen LogP contribution in [0.4, 0.5) is 11.6 Å². The van der Waals surface area contributed by atoms with E-state index in [1.54, 1.807) is 24.3 Å². The van der Waals surface area contributed by atoms with Crippen molar-refractivity contribution in [1.29, 1.82) is 0 Å². The molecule has 1 amide bonds. The van der Waals surface area contributed by atoms with Gasteiger partial charge in [0.05, 0.1) is 0 Å². The van der Waals surface area contributed by atoms with Crippen LogP contribution in [0.1, 0.15) is 16.1 Å². The second-order valence-corrected chi connectivity index (χ2v) is 7.13. The molecular weight excluding hydrogens is 457 g/mol. The number of carbonyl (C=O) groups is 2. The molecule has 2 aromatic heterocycles. The van der Waals surface area contributed by atoms with Crippen LogP contribution in [0.3, 0.4) is 0 Å². The molecule has 11 nitrogen and oxygen atoms in total. The predicted molar refractivity (Wildman–Crippen MR) is 112 cm³/mol. The summed E-state index contributed by atoms with van der Waals surface area (Å²) in [5.41, 5.74) is 6.87. The van der Waals surface area contributed by atoms with Gasteiger partial charge in [0.15, 0.2) is 11.2 Å². The maximum atomic E-state index is 12.5. The molecule has 1 atom stereocenters. The van der Waals surface area contributed by atoms with Crippen molar-refractivity contribution in [2.75, 3.05) is 18.1 Å². The first-order valence-corrected chi connectivity index (χ1v) is 10.1. The van der Waals surface area contributed by atoms with Gasteiger partial charge in [-0.2, -0.15) is 4.98 Å². The first kappa shape index (κ1) is 21.2. The number of nitrogens with one attached hydrogen (secondary N) is 2. The number of rotatable bonds is 7. The molecule has 156 valence electrons. The summed E-state index contributed by atoms with van der Waals surface area (Å²) in [5.74, 6) is -1.47. The first-order valence-electron chi connectivity index (χ1n) is 8.76. The van der Waals surface area contributed by atoms with Crippen LogP contribution in [0.2, 0.25) is 5.32 Å². The third-order valence-corrected chi connectivity index (χ3v) is 5.06. The fourth-order valence-electron chi connectivity index (χ4n) is 2.69. The van der Waals surface area contributed by atoms with Crippen LogP contribution in [-0.2, 0) is 11.3 Å². The Bertz CT molecular complexity index is 1150. The number of fused-ring (bicyclic) bond motifs is 1. The van der Waals surface area contributed by atoms with Crippen LogP contribution in [-0.4, -0.2) is 70.9 Å². The molecule has 1 aromatic carbocycles. The average molecular weight is 476 g/mol. The van der Waals surface area contributed by atoms with E-state index in [1.807, 2.05) is 0 Å². The number of anilines is 2. The summed E-state index contributed by atoms with van der Waals surface area (Å²) < 4.78 is 0. The number of aliphatic carboxylic acids is 1. The molecule has 12 heteroatoms. The van der Waals surface area contributed by atoms with E-state index < -0.39 is 17.6 Å². The topological polar surface area (TPSA) is 167 Å². The number of hydrogen-bond donors (Lipinski definition) is 4. The van der Waals surface area contributed by atoms with Gasteiger partial charge >= 0.3 is 130 Å². The summed E-state index contributed by atoms with van der Waals surface area (Å²) in [6, 6.07) is 5.70. The Kier molecular flexibility index (Phi) is 6.28. The number of H-pyrrole nitrogens is 1. The Labute approximate surface area is 178 Å². The van der Waals surface area contributed by atoms with E-state index >= 15 is 0 Å². The van der Waals surface area contributed by atoms with E-state index in [9.17, 15) is 19.5 Å². The number of carboxylic acids is 1. The fraction of sp³-hybridized carbons (Fsp3) is 0.222. The Morgan fingerprint density at radius 3 is 2.63 bits per heavy atom. The molecule has 0 saturated carbocycles. The Morgan fingerprint density at radius 2 is 2.00 bits per heavy atom. The van der Waals surface area contributed by atoms with Gasteiger partial charge in [-0.1, -0.05) is 0 Å². The molecule has 0 aliphatic heterocycles. The van der Waals surface area contributed by atoms with Crippen molar-refractivity contribution in [2.45, 2.75) is 17.9 Å². The molecule has 3 rings (SSSR count). The predicted octanol–water partition coefficient (Wildman–Crippen LogP) is -0.248. The number of carbonyl (C=O) groups excluding carboxylic acids is 1. The molecule has 0 radical (unpaired) electrons. The molecule has 0 aliphatic rings. The zero-order valence-electron chi connectivity index (χ0n) is 15.9. The second-order valence-electron chi connectivity index (χ2n) is 6.37. The zero-order valence-corrected chi connectivity index (χ0v) is 17.7. The van der Waals surface area contributed by atoms with Gasteiger partial charge in [-0.25, -0.2) is 4.98 Å². The van der Waals surface area contributed by atoms with E-state index in [1.165, 1.54) is 18.1 Å². The van der Waals surface area contributed by atoms with E-state index in [0.29, 0.717) is 16.9 Å². The van der Waals surface area contributed by atoms with Crippen molar-refractivity contribution in [1.82, 2.24) is 24.8 Å². The maximum absolute atomic E-state index is 12.5. The summed E-state index contributed by atoms with van der Waals surface area (Å²) >= 11 is 2.18. The number of aromatic nitrogens is 4. The summed E-state index contributed by atoms with van der Waals surface area (Å²) in [6.07, 6.45) is 1.49. The molecule has 3 aromatic rings. The quantitative estimate of drug-likeness (QED) is 0.336. The minimum atomic E-state index is -1.06. The zero-order chi connectivity index (χ0) is 21.8. The molecule has 2 heterocycles. The summed E-state index contributed by atoms with van der Waals surface area (Å²) in [7, 11) is 1.46. The van der Waals surface area contributed by atoms with E-state index in [-0.39, 0.29) is 34.9 Å². The van der Waals surface area contributed by atoms with Gasteiger partial charge in [-0.05, 0) is 0 Å². The number of hydrogen-bond acceptors (Lipinski definition) is 8. The summed E-state index contributed by atoms with van der Waals surface area (Å²) in [4.78, 5) is 51.5. The molecule has 0 aliphatic carbocycles. The van der Waals surface area contributed by atoms with Gasteiger partial charge in [0.25, 0.3) is 5.56 Å². The molecule has 0 bridgehead atoms.